The van der Waals surface area contributed by atoms with Gasteiger partial charge in [-0.2, -0.15) is 0 Å². The molecule has 1 aromatic rings. The van der Waals surface area contributed by atoms with Gasteiger partial charge in [0.2, 0.25) is 0 Å². The molecule has 3 heteroatoms. The van der Waals surface area contributed by atoms with Crippen LogP contribution in [-0.4, -0.2) is 12.7 Å². The summed E-state index contributed by atoms with van der Waals surface area (Å²) in [6, 6.07) is 7.93. The first-order valence-corrected chi connectivity index (χ1v) is 4.69. The van der Waals surface area contributed by atoms with Crippen molar-refractivity contribution in [1.29, 1.82) is 0 Å². The van der Waals surface area contributed by atoms with Crippen molar-refractivity contribution in [3.8, 4) is 0 Å². The molecule has 0 aliphatic heterocycles. The second-order valence-corrected chi connectivity index (χ2v) is 3.00. The Morgan fingerprint density at radius 3 is 2.79 bits per heavy atom. The lowest BCUT2D eigenvalue weighted by atomic mass is 10.1. The zero-order valence-electron chi connectivity index (χ0n) is 8.54. The molecule has 0 heterocycles. The maximum Gasteiger partial charge on any atom is 0.407 e. The van der Waals surface area contributed by atoms with Crippen molar-refractivity contribution in [1.82, 2.24) is 5.32 Å². The monoisotopic (exact) mass is 193 g/mol. The molecule has 0 saturated heterocycles. The molecule has 76 valence electrons. The fourth-order valence-corrected chi connectivity index (χ4v) is 1.16. The number of alkyl carbamates (subject to hydrolysis) is 1. The van der Waals surface area contributed by atoms with Gasteiger partial charge in [0, 0.05) is 6.54 Å². The quantitative estimate of drug-likeness (QED) is 0.799. The molecule has 1 N–H and O–H groups in total. The first-order valence-electron chi connectivity index (χ1n) is 4.69. The molecule has 0 aliphatic rings. The van der Waals surface area contributed by atoms with Gasteiger partial charge in [-0.25, -0.2) is 4.79 Å². The van der Waals surface area contributed by atoms with Crippen molar-refractivity contribution < 1.29 is 9.53 Å². The number of benzene rings is 1. The van der Waals surface area contributed by atoms with Gasteiger partial charge in [-0.15, -0.1) is 0 Å². The van der Waals surface area contributed by atoms with Crippen LogP contribution >= 0.6 is 0 Å². The molecular formula is C11H15NO2. The van der Waals surface area contributed by atoms with Crippen molar-refractivity contribution in [2.45, 2.75) is 20.4 Å². The second-order valence-electron chi connectivity index (χ2n) is 3.00. The molecule has 0 bridgehead atoms. The second kappa shape index (κ2) is 5.27. The molecule has 1 amide bonds. The molecule has 3 nitrogen and oxygen atoms in total. The Morgan fingerprint density at radius 1 is 1.43 bits per heavy atom. The Hall–Kier alpha value is -1.51. The number of rotatable bonds is 3. The van der Waals surface area contributed by atoms with Crippen LogP contribution in [0.3, 0.4) is 0 Å². The van der Waals surface area contributed by atoms with Gasteiger partial charge < -0.3 is 10.1 Å². The highest BCUT2D eigenvalue weighted by Gasteiger charge is 2.01. The summed E-state index contributed by atoms with van der Waals surface area (Å²) >= 11 is 0. The van der Waals surface area contributed by atoms with E-state index in [-0.39, 0.29) is 6.09 Å². The van der Waals surface area contributed by atoms with E-state index in [1.54, 1.807) is 6.92 Å². The van der Waals surface area contributed by atoms with Crippen molar-refractivity contribution in [2.24, 2.45) is 0 Å². The Balaban J connectivity index is 2.46. The first-order chi connectivity index (χ1) is 6.74. The lowest BCUT2D eigenvalue weighted by molar-refractivity contribution is 0.151. The molecule has 0 radical (unpaired) electrons. The van der Waals surface area contributed by atoms with Gasteiger partial charge in [0.05, 0.1) is 6.61 Å². The van der Waals surface area contributed by atoms with E-state index in [1.165, 1.54) is 5.56 Å². The van der Waals surface area contributed by atoms with E-state index in [9.17, 15) is 4.79 Å². The van der Waals surface area contributed by atoms with Gasteiger partial charge >= 0.3 is 6.09 Å². The zero-order valence-corrected chi connectivity index (χ0v) is 8.54. The lowest BCUT2D eigenvalue weighted by Crippen LogP contribution is -2.23. The summed E-state index contributed by atoms with van der Waals surface area (Å²) in [6.45, 7) is 4.72. The van der Waals surface area contributed by atoms with Crippen LogP contribution in [0.1, 0.15) is 18.1 Å². The predicted molar refractivity (Wildman–Crippen MR) is 55.0 cm³/mol. The van der Waals surface area contributed by atoms with Crippen molar-refractivity contribution >= 4 is 6.09 Å². The molecule has 0 saturated carbocycles. The van der Waals surface area contributed by atoms with E-state index in [0.29, 0.717) is 13.2 Å². The van der Waals surface area contributed by atoms with Gasteiger partial charge in [-0.3, -0.25) is 0 Å². The van der Waals surface area contributed by atoms with E-state index in [2.05, 4.69) is 5.32 Å². The lowest BCUT2D eigenvalue weighted by Gasteiger charge is -2.07. The molecule has 0 unspecified atom stereocenters. The van der Waals surface area contributed by atoms with Crippen LogP contribution in [0, 0.1) is 6.92 Å². The highest BCUT2D eigenvalue weighted by molar-refractivity contribution is 5.67. The topological polar surface area (TPSA) is 38.3 Å². The molecule has 0 aliphatic carbocycles. The van der Waals surface area contributed by atoms with Gasteiger partial charge in [-0.05, 0) is 25.0 Å². The summed E-state index contributed by atoms with van der Waals surface area (Å²) in [6.07, 6.45) is -0.365. The standard InChI is InChI=1S/C11H15NO2/c1-3-14-11(13)12-8-10-7-5-4-6-9(10)2/h4-7H,3,8H2,1-2H3,(H,12,13). The van der Waals surface area contributed by atoms with E-state index in [4.69, 9.17) is 4.74 Å². The minimum atomic E-state index is -0.365. The van der Waals surface area contributed by atoms with Gasteiger partial charge in [-0.1, -0.05) is 24.3 Å². The normalized spacial score (nSPS) is 9.57. The minimum Gasteiger partial charge on any atom is -0.450 e. The number of aryl methyl sites for hydroxylation is 1. The number of carbonyl (C=O) groups is 1. The van der Waals surface area contributed by atoms with Crippen LogP contribution in [0.4, 0.5) is 4.79 Å². The number of amides is 1. The van der Waals surface area contributed by atoms with Gasteiger partial charge in [0.1, 0.15) is 0 Å². The third-order valence-corrected chi connectivity index (χ3v) is 1.96. The number of nitrogens with one attached hydrogen (secondary N) is 1. The maximum absolute atomic E-state index is 11.0. The fourth-order valence-electron chi connectivity index (χ4n) is 1.16. The molecule has 0 fully saturated rings. The molecule has 14 heavy (non-hydrogen) atoms. The third kappa shape index (κ3) is 3.09. The highest BCUT2D eigenvalue weighted by atomic mass is 16.5. The summed E-state index contributed by atoms with van der Waals surface area (Å²) in [5.41, 5.74) is 2.28. The molecule has 0 atom stereocenters. The largest absolute Gasteiger partial charge is 0.450 e. The number of hydrogen-bond donors (Lipinski definition) is 1. The van der Waals surface area contributed by atoms with E-state index < -0.39 is 0 Å². The third-order valence-electron chi connectivity index (χ3n) is 1.96. The SMILES string of the molecule is CCOC(=O)NCc1ccccc1C. The van der Waals surface area contributed by atoms with Crippen LogP contribution in [0.15, 0.2) is 24.3 Å². The van der Waals surface area contributed by atoms with Crippen molar-refractivity contribution in [2.75, 3.05) is 6.61 Å². The highest BCUT2D eigenvalue weighted by Crippen LogP contribution is 2.05. The van der Waals surface area contributed by atoms with Crippen molar-refractivity contribution in [3.63, 3.8) is 0 Å². The summed E-state index contributed by atoms with van der Waals surface area (Å²) < 4.78 is 4.75. The Labute approximate surface area is 84.1 Å². The van der Waals surface area contributed by atoms with E-state index in [1.807, 2.05) is 31.2 Å². The molecule has 1 rings (SSSR count). The van der Waals surface area contributed by atoms with Crippen molar-refractivity contribution in [3.05, 3.63) is 35.4 Å². The minimum absolute atomic E-state index is 0.365. The molecular weight excluding hydrogens is 178 g/mol. The van der Waals surface area contributed by atoms with Crippen LogP contribution in [0.25, 0.3) is 0 Å². The van der Waals surface area contributed by atoms with E-state index in [0.717, 1.165) is 5.56 Å². The predicted octanol–water partition coefficient (Wildman–Crippen LogP) is 2.24. The zero-order chi connectivity index (χ0) is 10.4. The van der Waals surface area contributed by atoms with Crippen LogP contribution in [0.5, 0.6) is 0 Å². The summed E-state index contributed by atoms with van der Waals surface area (Å²) in [5, 5.41) is 2.68. The smallest absolute Gasteiger partial charge is 0.407 e. The average Bonchev–Trinajstić information content (AvgIpc) is 2.17. The van der Waals surface area contributed by atoms with Crippen LogP contribution in [0.2, 0.25) is 0 Å². The summed E-state index contributed by atoms with van der Waals surface area (Å²) in [4.78, 5) is 11.0. The maximum atomic E-state index is 11.0. The number of hydrogen-bond acceptors (Lipinski definition) is 2. The van der Waals surface area contributed by atoms with Gasteiger partial charge in [0.25, 0.3) is 0 Å². The Bertz CT molecular complexity index is 310. The van der Waals surface area contributed by atoms with Crippen LogP contribution in [-0.2, 0) is 11.3 Å². The molecule has 1 aromatic carbocycles. The fraction of sp³-hybridized carbons (Fsp3) is 0.364. The number of carbonyl (C=O) groups excluding carboxylic acids is 1. The van der Waals surface area contributed by atoms with E-state index >= 15 is 0 Å². The van der Waals surface area contributed by atoms with Crippen LogP contribution < -0.4 is 5.32 Å². The summed E-state index contributed by atoms with van der Waals surface area (Å²) in [5.74, 6) is 0. The average molecular weight is 193 g/mol. The summed E-state index contributed by atoms with van der Waals surface area (Å²) in [7, 11) is 0. The Kier molecular flexibility index (Phi) is 3.98. The van der Waals surface area contributed by atoms with Gasteiger partial charge in [0.15, 0.2) is 0 Å². The number of ether oxygens (including phenoxy) is 1. The molecule has 0 aromatic heterocycles. The first kappa shape index (κ1) is 10.6. The molecule has 0 spiro atoms. The Morgan fingerprint density at radius 2 is 2.14 bits per heavy atom.